The van der Waals surface area contributed by atoms with Gasteiger partial charge in [-0.25, -0.2) is 4.79 Å². The smallest absolute Gasteiger partial charge is 0.404 e. The highest BCUT2D eigenvalue weighted by Crippen LogP contribution is 2.60. The number of Topliss-reactive ketones (excluding diaryl/α,β-unsaturated/α-hetero) is 2. The van der Waals surface area contributed by atoms with Crippen molar-refractivity contribution >= 4 is 46.7 Å². The molecule has 0 bridgehead atoms. The number of methoxy groups -OCH3 is 1. The predicted molar refractivity (Wildman–Crippen MR) is 220 cm³/mol. The van der Waals surface area contributed by atoms with Crippen LogP contribution in [-0.4, -0.2) is 77.6 Å². The molecule has 11 heteroatoms. The molecular weight excluding hydrogens is 723 g/mol. The Labute approximate surface area is 330 Å². The molecule has 2 saturated heterocycles. The Morgan fingerprint density at radius 2 is 1.27 bits per heavy atom. The maximum Gasteiger partial charge on any atom is 0.404 e. The molecule has 0 aromatic heterocycles. The minimum Gasteiger partial charge on any atom is -0.449 e. The predicted octanol–water partition coefficient (Wildman–Crippen LogP) is 5.48. The molecule has 3 aromatic carbocycles. The molecule has 0 radical (unpaired) electrons. The molecule has 56 heavy (non-hydrogen) atoms. The second kappa shape index (κ2) is 16.7. The van der Waals surface area contributed by atoms with Gasteiger partial charge in [0.25, 0.3) is 0 Å². The Balaban J connectivity index is 0.864. The van der Waals surface area contributed by atoms with E-state index >= 15 is 0 Å². The van der Waals surface area contributed by atoms with Crippen LogP contribution in [0.2, 0.25) is 0 Å². The fourth-order valence-corrected chi connectivity index (χ4v) is 14.1. The average molecular weight is 778 g/mol. The van der Waals surface area contributed by atoms with Crippen LogP contribution in [0.25, 0.3) is 0 Å². The van der Waals surface area contributed by atoms with Crippen molar-refractivity contribution in [3.05, 3.63) is 114 Å². The number of primary amides is 1. The third-order valence-electron chi connectivity index (χ3n) is 12.5. The lowest BCUT2D eigenvalue weighted by Crippen LogP contribution is -2.56. The third kappa shape index (κ3) is 6.96. The SMILES string of the molecule is CO[C@@]12[C@H](COC(N)=O)C3=C(C(=O)C(C)=C(N)C3=O)N1C[C@H]1[C@@H]2N1C(=O)CCCCCCCCCCC[P+](c1ccccc1)(c1ccccc1)c1ccccc1. The topological polar surface area (TPSA) is 145 Å². The van der Waals surface area contributed by atoms with Crippen molar-refractivity contribution in [3.8, 4) is 0 Å². The molecule has 7 rings (SSSR count). The molecule has 10 nitrogen and oxygen atoms in total. The fourth-order valence-electron chi connectivity index (χ4n) is 9.69. The van der Waals surface area contributed by atoms with Gasteiger partial charge in [0.2, 0.25) is 17.5 Å². The molecule has 4 aliphatic rings. The molecule has 2 amide bonds. The number of rotatable bonds is 18. The van der Waals surface area contributed by atoms with Gasteiger partial charge in [-0.1, -0.05) is 93.1 Å². The number of ketones is 2. The number of ether oxygens (including phenoxy) is 2. The van der Waals surface area contributed by atoms with E-state index in [1.54, 1.807) is 4.90 Å². The van der Waals surface area contributed by atoms with E-state index in [4.69, 9.17) is 20.9 Å². The van der Waals surface area contributed by atoms with E-state index in [1.807, 2.05) is 4.90 Å². The molecular formula is C45H54N4O6P+. The Bertz CT molecular complexity index is 1910. The van der Waals surface area contributed by atoms with Crippen molar-refractivity contribution in [1.82, 2.24) is 9.80 Å². The van der Waals surface area contributed by atoms with Gasteiger partial charge in [0.1, 0.15) is 35.8 Å². The van der Waals surface area contributed by atoms with Crippen LogP contribution in [-0.2, 0) is 23.9 Å². The lowest BCUT2D eigenvalue weighted by Gasteiger charge is -2.41. The van der Waals surface area contributed by atoms with Crippen LogP contribution in [0.1, 0.15) is 71.1 Å². The molecule has 1 aliphatic carbocycles. The van der Waals surface area contributed by atoms with Gasteiger partial charge in [0, 0.05) is 31.2 Å². The van der Waals surface area contributed by atoms with Crippen LogP contribution in [0.3, 0.4) is 0 Å². The first-order chi connectivity index (χ1) is 27.2. The number of amides is 2. The number of allylic oxidation sites excluding steroid dienone is 2. The van der Waals surface area contributed by atoms with Crippen LogP contribution in [0.4, 0.5) is 4.79 Å². The van der Waals surface area contributed by atoms with Gasteiger partial charge >= 0.3 is 6.09 Å². The average Bonchev–Trinajstić information content (AvgIpc) is 3.74. The zero-order chi connectivity index (χ0) is 39.5. The van der Waals surface area contributed by atoms with Gasteiger partial charge in [-0.15, -0.1) is 0 Å². The first kappa shape index (κ1) is 39.4. The van der Waals surface area contributed by atoms with E-state index in [0.717, 1.165) is 31.8 Å². The fraction of sp³-hybridized carbons (Fsp3) is 0.422. The molecule has 0 saturated carbocycles. The van der Waals surface area contributed by atoms with Crippen LogP contribution in [0.5, 0.6) is 0 Å². The molecule has 0 spiro atoms. The highest BCUT2D eigenvalue weighted by molar-refractivity contribution is 7.95. The number of piperazine rings is 1. The summed E-state index contributed by atoms with van der Waals surface area (Å²) in [6.07, 6.45) is 10.6. The molecule has 3 aliphatic heterocycles. The van der Waals surface area contributed by atoms with Crippen molar-refractivity contribution in [3.63, 3.8) is 0 Å². The van der Waals surface area contributed by atoms with Crippen molar-refractivity contribution in [2.75, 3.05) is 26.4 Å². The van der Waals surface area contributed by atoms with Crippen LogP contribution in [0, 0.1) is 5.92 Å². The molecule has 294 valence electrons. The number of nitrogens with two attached hydrogens (primary N) is 2. The van der Waals surface area contributed by atoms with E-state index in [0.29, 0.717) is 13.0 Å². The maximum atomic E-state index is 13.5. The Morgan fingerprint density at radius 1 is 0.768 bits per heavy atom. The summed E-state index contributed by atoms with van der Waals surface area (Å²) >= 11 is 0. The number of benzene rings is 3. The molecule has 2 fully saturated rings. The number of hydrogen-bond donors (Lipinski definition) is 2. The second-order valence-electron chi connectivity index (χ2n) is 15.5. The Kier molecular flexibility index (Phi) is 11.8. The largest absolute Gasteiger partial charge is 0.449 e. The molecule has 3 aromatic rings. The first-order valence-corrected chi connectivity index (χ1v) is 22.1. The van der Waals surface area contributed by atoms with Crippen LogP contribution < -0.4 is 27.4 Å². The minimum atomic E-state index is -1.78. The van der Waals surface area contributed by atoms with Gasteiger partial charge in [0.05, 0.1) is 29.5 Å². The van der Waals surface area contributed by atoms with E-state index in [2.05, 4.69) is 91.0 Å². The lowest BCUT2D eigenvalue weighted by molar-refractivity contribution is -0.153. The summed E-state index contributed by atoms with van der Waals surface area (Å²) in [5.41, 5.74) is 10.6. The first-order valence-electron chi connectivity index (χ1n) is 20.1. The van der Waals surface area contributed by atoms with Gasteiger partial charge in [-0.3, -0.25) is 14.4 Å². The standard InChI is InChI=1S/C45H53N4O6P/c1-31-39(46)42(52)38-35(30-55-44(47)53)45(54-2)43-36(29-48(45)40(38)41(31)51)49(43)37(50)27-19-8-6-4-3-5-7-9-20-28-56(32-21-13-10-14-22-32,33-23-15-11-16-24-33)34-25-17-12-18-26-34/h10-18,21-26,35-36,43H,3-9,19-20,27-30H2,1-2H3,(H3-,46,47,51,53)/p+1/t35-,36+,43+,45-,49?/m1/s1. The Hall–Kier alpha value is -4.79. The summed E-state index contributed by atoms with van der Waals surface area (Å²) in [6.45, 7) is 1.60. The quantitative estimate of drug-likeness (QED) is 0.0748. The summed E-state index contributed by atoms with van der Waals surface area (Å²) in [5.74, 6) is -1.63. The van der Waals surface area contributed by atoms with E-state index < -0.39 is 36.8 Å². The Morgan fingerprint density at radius 3 is 1.77 bits per heavy atom. The highest BCUT2D eigenvalue weighted by Gasteiger charge is 2.77. The van der Waals surface area contributed by atoms with Gasteiger partial charge in [-0.2, -0.15) is 0 Å². The molecule has 3 heterocycles. The van der Waals surface area contributed by atoms with E-state index in [9.17, 15) is 19.2 Å². The number of carbonyl (C=O) groups is 4. The highest BCUT2D eigenvalue weighted by atomic mass is 31.2. The summed E-state index contributed by atoms with van der Waals surface area (Å²) in [6, 6.07) is 32.7. The maximum absolute atomic E-state index is 13.5. The number of nitrogens with zero attached hydrogens (tertiary/aromatic N) is 2. The van der Waals surface area contributed by atoms with E-state index in [-0.39, 0.29) is 46.9 Å². The van der Waals surface area contributed by atoms with Crippen molar-refractivity contribution in [2.24, 2.45) is 17.4 Å². The van der Waals surface area contributed by atoms with Crippen molar-refractivity contribution in [1.29, 1.82) is 0 Å². The normalized spacial score (nSPS) is 22.6. The molecule has 4 atom stereocenters. The summed E-state index contributed by atoms with van der Waals surface area (Å²) < 4.78 is 11.3. The zero-order valence-corrected chi connectivity index (χ0v) is 33.4. The van der Waals surface area contributed by atoms with Gasteiger partial charge < -0.3 is 30.7 Å². The third-order valence-corrected chi connectivity index (χ3v) is 17.0. The van der Waals surface area contributed by atoms with E-state index in [1.165, 1.54) is 62.1 Å². The molecule has 4 N–H and O–H groups in total. The lowest BCUT2D eigenvalue weighted by atomic mass is 9.82. The summed E-state index contributed by atoms with van der Waals surface area (Å²) in [4.78, 5) is 55.6. The number of fused-ring (bicyclic) bond motifs is 4. The van der Waals surface area contributed by atoms with Crippen LogP contribution in [0.15, 0.2) is 114 Å². The zero-order valence-electron chi connectivity index (χ0n) is 32.5. The van der Waals surface area contributed by atoms with Crippen molar-refractivity contribution < 1.29 is 28.7 Å². The summed E-state index contributed by atoms with van der Waals surface area (Å²) in [7, 11) is -0.280. The van der Waals surface area contributed by atoms with Gasteiger partial charge in [-0.05, 0) is 62.6 Å². The van der Waals surface area contributed by atoms with Gasteiger partial charge in [0.15, 0.2) is 5.72 Å². The summed E-state index contributed by atoms with van der Waals surface area (Å²) in [5, 5.41) is 4.33. The number of unbranched alkanes of at least 4 members (excludes halogenated alkanes) is 8. The molecule has 0 unspecified atom stereocenters. The second-order valence-corrected chi connectivity index (χ2v) is 19.1. The van der Waals surface area contributed by atoms with Crippen molar-refractivity contribution in [2.45, 2.75) is 88.9 Å². The number of hydrogen-bond acceptors (Lipinski definition) is 8. The van der Waals surface area contributed by atoms with Crippen LogP contribution >= 0.6 is 7.26 Å². The number of carbonyl (C=O) groups excluding carboxylic acids is 4. The minimum absolute atomic E-state index is 0.0300. The monoisotopic (exact) mass is 777 g/mol.